The zero-order valence-corrected chi connectivity index (χ0v) is 11.6. The fourth-order valence-corrected chi connectivity index (χ4v) is 2.00. The summed E-state index contributed by atoms with van der Waals surface area (Å²) in [6, 6.07) is 14.2. The van der Waals surface area contributed by atoms with E-state index in [0.717, 1.165) is 16.6 Å². The SMILES string of the molecule is Oc1cccc(/C=N/Nc2nc3ccccc3nc2Cl)c1. The van der Waals surface area contributed by atoms with Gasteiger partial charge in [-0.15, -0.1) is 0 Å². The van der Waals surface area contributed by atoms with Crippen molar-refractivity contribution in [3.8, 4) is 5.75 Å². The molecule has 0 saturated carbocycles. The van der Waals surface area contributed by atoms with Crippen molar-refractivity contribution in [1.82, 2.24) is 9.97 Å². The van der Waals surface area contributed by atoms with Gasteiger partial charge in [-0.05, 0) is 29.8 Å². The lowest BCUT2D eigenvalue weighted by Gasteiger charge is -2.03. The molecule has 1 aromatic heterocycles. The number of aromatic hydroxyl groups is 1. The van der Waals surface area contributed by atoms with Crippen molar-refractivity contribution in [3.05, 3.63) is 59.2 Å². The van der Waals surface area contributed by atoms with Gasteiger partial charge in [-0.2, -0.15) is 5.10 Å². The molecule has 104 valence electrons. The number of benzene rings is 2. The molecule has 1 heterocycles. The van der Waals surface area contributed by atoms with E-state index in [0.29, 0.717) is 5.82 Å². The van der Waals surface area contributed by atoms with Crippen LogP contribution in [0.1, 0.15) is 5.56 Å². The molecule has 0 atom stereocenters. The number of anilines is 1. The Morgan fingerprint density at radius 2 is 1.81 bits per heavy atom. The molecule has 0 spiro atoms. The normalized spacial score (nSPS) is 11.1. The predicted molar refractivity (Wildman–Crippen MR) is 83.9 cm³/mol. The van der Waals surface area contributed by atoms with Gasteiger partial charge in [-0.3, -0.25) is 5.43 Å². The van der Waals surface area contributed by atoms with Crippen molar-refractivity contribution in [1.29, 1.82) is 0 Å². The van der Waals surface area contributed by atoms with E-state index in [9.17, 15) is 5.11 Å². The minimum absolute atomic E-state index is 0.183. The van der Waals surface area contributed by atoms with Crippen LogP contribution in [0.25, 0.3) is 11.0 Å². The monoisotopic (exact) mass is 298 g/mol. The van der Waals surface area contributed by atoms with Gasteiger partial charge in [0.1, 0.15) is 5.75 Å². The molecule has 2 N–H and O–H groups in total. The maximum absolute atomic E-state index is 9.37. The summed E-state index contributed by atoms with van der Waals surface area (Å²) in [5.41, 5.74) is 4.97. The average molecular weight is 299 g/mol. The first kappa shape index (κ1) is 13.3. The summed E-state index contributed by atoms with van der Waals surface area (Å²) in [5.74, 6) is 0.564. The van der Waals surface area contributed by atoms with Gasteiger partial charge in [0, 0.05) is 0 Å². The molecular weight excluding hydrogens is 288 g/mol. The van der Waals surface area contributed by atoms with Gasteiger partial charge in [-0.25, -0.2) is 9.97 Å². The lowest BCUT2D eigenvalue weighted by atomic mass is 10.2. The van der Waals surface area contributed by atoms with Crippen molar-refractivity contribution < 1.29 is 5.11 Å². The molecule has 0 aliphatic heterocycles. The standard InChI is InChI=1S/C15H11ClN4O/c16-14-15(19-13-7-2-1-6-12(13)18-14)20-17-9-10-4-3-5-11(21)8-10/h1-9,21H,(H,19,20)/b17-9+. The van der Waals surface area contributed by atoms with Crippen molar-refractivity contribution in [2.75, 3.05) is 5.43 Å². The summed E-state index contributed by atoms with van der Waals surface area (Å²) in [5, 5.41) is 13.7. The highest BCUT2D eigenvalue weighted by Gasteiger charge is 2.05. The van der Waals surface area contributed by atoms with Gasteiger partial charge in [-0.1, -0.05) is 35.9 Å². The van der Waals surface area contributed by atoms with Crippen LogP contribution in [0.5, 0.6) is 5.75 Å². The van der Waals surface area contributed by atoms with Crippen LogP contribution in [0, 0.1) is 0 Å². The van der Waals surface area contributed by atoms with Crippen LogP contribution in [0.3, 0.4) is 0 Å². The molecule has 6 heteroatoms. The van der Waals surface area contributed by atoms with E-state index in [4.69, 9.17) is 11.6 Å². The molecule has 0 bridgehead atoms. The number of phenolic OH excluding ortho intramolecular Hbond substituents is 1. The van der Waals surface area contributed by atoms with E-state index < -0.39 is 0 Å². The minimum Gasteiger partial charge on any atom is -0.508 e. The van der Waals surface area contributed by atoms with E-state index in [-0.39, 0.29) is 10.9 Å². The zero-order chi connectivity index (χ0) is 14.7. The Morgan fingerprint density at radius 1 is 1.05 bits per heavy atom. The minimum atomic E-state index is 0.183. The second-order valence-corrected chi connectivity index (χ2v) is 4.67. The summed E-state index contributed by atoms with van der Waals surface area (Å²) in [6.07, 6.45) is 1.56. The summed E-state index contributed by atoms with van der Waals surface area (Å²) in [6.45, 7) is 0. The van der Waals surface area contributed by atoms with Gasteiger partial charge in [0.15, 0.2) is 11.0 Å². The summed E-state index contributed by atoms with van der Waals surface area (Å²) in [7, 11) is 0. The van der Waals surface area contributed by atoms with Gasteiger partial charge in [0.2, 0.25) is 0 Å². The van der Waals surface area contributed by atoms with Crippen LogP contribution in [0.15, 0.2) is 53.6 Å². The molecule has 21 heavy (non-hydrogen) atoms. The first-order chi connectivity index (χ1) is 10.2. The highest BCUT2D eigenvalue weighted by Crippen LogP contribution is 2.20. The van der Waals surface area contributed by atoms with Crippen molar-refractivity contribution >= 4 is 34.7 Å². The number of halogens is 1. The highest BCUT2D eigenvalue weighted by molar-refractivity contribution is 6.32. The number of phenols is 1. The van der Waals surface area contributed by atoms with Gasteiger partial charge >= 0.3 is 0 Å². The molecule has 0 amide bonds. The molecule has 0 aliphatic carbocycles. The molecule has 2 aromatic carbocycles. The Balaban J connectivity index is 1.83. The third kappa shape index (κ3) is 3.09. The molecule has 0 fully saturated rings. The topological polar surface area (TPSA) is 70.4 Å². The lowest BCUT2D eigenvalue weighted by Crippen LogP contribution is -1.97. The van der Waals surface area contributed by atoms with E-state index in [1.165, 1.54) is 0 Å². The Bertz CT molecular complexity index is 820. The van der Waals surface area contributed by atoms with Gasteiger partial charge in [0.25, 0.3) is 0 Å². The lowest BCUT2D eigenvalue weighted by molar-refractivity contribution is 0.475. The zero-order valence-electron chi connectivity index (χ0n) is 10.9. The van der Waals surface area contributed by atoms with Crippen molar-refractivity contribution in [2.24, 2.45) is 5.10 Å². The fraction of sp³-hybridized carbons (Fsp3) is 0. The summed E-state index contributed by atoms with van der Waals surface area (Å²) in [4.78, 5) is 8.60. The molecule has 0 aliphatic rings. The molecule has 3 aromatic rings. The van der Waals surface area contributed by atoms with Crippen LogP contribution in [0.2, 0.25) is 5.15 Å². The first-order valence-electron chi connectivity index (χ1n) is 6.23. The molecule has 0 saturated heterocycles. The van der Waals surface area contributed by atoms with Crippen LogP contribution < -0.4 is 5.43 Å². The number of nitrogens with zero attached hydrogens (tertiary/aromatic N) is 3. The molecule has 0 unspecified atom stereocenters. The number of nitrogens with one attached hydrogen (secondary N) is 1. The van der Waals surface area contributed by atoms with Gasteiger partial charge in [0.05, 0.1) is 17.2 Å². The maximum Gasteiger partial charge on any atom is 0.185 e. The number of hydrogen-bond acceptors (Lipinski definition) is 5. The quantitative estimate of drug-likeness (QED) is 0.574. The Hall–Kier alpha value is -2.66. The van der Waals surface area contributed by atoms with E-state index >= 15 is 0 Å². The second kappa shape index (κ2) is 5.76. The molecular formula is C15H11ClN4O. The largest absolute Gasteiger partial charge is 0.508 e. The average Bonchev–Trinajstić information content (AvgIpc) is 2.48. The van der Waals surface area contributed by atoms with E-state index in [1.54, 1.807) is 24.4 Å². The Morgan fingerprint density at radius 3 is 2.57 bits per heavy atom. The fourth-order valence-electron chi connectivity index (χ4n) is 1.82. The van der Waals surface area contributed by atoms with Gasteiger partial charge < -0.3 is 5.11 Å². The summed E-state index contributed by atoms with van der Waals surface area (Å²) >= 11 is 6.06. The van der Waals surface area contributed by atoms with Crippen molar-refractivity contribution in [3.63, 3.8) is 0 Å². The number of hydrogen-bond donors (Lipinski definition) is 2. The number of para-hydroxylation sites is 2. The maximum atomic E-state index is 9.37. The third-order valence-corrected chi connectivity index (χ3v) is 3.05. The highest BCUT2D eigenvalue weighted by atomic mass is 35.5. The van der Waals surface area contributed by atoms with Crippen LogP contribution in [-0.2, 0) is 0 Å². The number of aromatic nitrogens is 2. The smallest absolute Gasteiger partial charge is 0.185 e. The third-order valence-electron chi connectivity index (χ3n) is 2.78. The molecule has 0 radical (unpaired) electrons. The number of hydrazone groups is 1. The molecule has 3 rings (SSSR count). The Kier molecular flexibility index (Phi) is 3.66. The van der Waals surface area contributed by atoms with Crippen LogP contribution >= 0.6 is 11.6 Å². The second-order valence-electron chi connectivity index (χ2n) is 4.32. The number of rotatable bonds is 3. The predicted octanol–water partition coefficient (Wildman–Crippen LogP) is 3.43. The van der Waals surface area contributed by atoms with Crippen LogP contribution in [-0.4, -0.2) is 21.3 Å². The first-order valence-corrected chi connectivity index (χ1v) is 6.60. The Labute approximate surface area is 125 Å². The van der Waals surface area contributed by atoms with E-state index in [2.05, 4.69) is 20.5 Å². The summed E-state index contributed by atoms with van der Waals surface area (Å²) < 4.78 is 0. The molecule has 5 nitrogen and oxygen atoms in total. The number of fused-ring (bicyclic) bond motifs is 1. The van der Waals surface area contributed by atoms with Crippen molar-refractivity contribution in [2.45, 2.75) is 0 Å². The van der Waals surface area contributed by atoms with E-state index in [1.807, 2.05) is 30.3 Å². The van der Waals surface area contributed by atoms with Crippen LogP contribution in [0.4, 0.5) is 5.82 Å².